The van der Waals surface area contributed by atoms with E-state index in [0.717, 1.165) is 0 Å². The van der Waals surface area contributed by atoms with Crippen molar-refractivity contribution in [2.45, 2.75) is 33.2 Å². The van der Waals surface area contributed by atoms with Crippen LogP contribution < -0.4 is 5.32 Å². The van der Waals surface area contributed by atoms with Crippen LogP contribution in [0, 0.1) is 18.8 Å². The van der Waals surface area contributed by atoms with Crippen molar-refractivity contribution in [3.63, 3.8) is 0 Å². The molecule has 0 bridgehead atoms. The molecule has 0 atom stereocenters. The van der Waals surface area contributed by atoms with E-state index in [4.69, 9.17) is 4.52 Å². The topological polar surface area (TPSA) is 51.0 Å². The van der Waals surface area contributed by atoms with E-state index < -0.39 is 0 Å². The van der Waals surface area contributed by atoms with Crippen molar-refractivity contribution in [3.05, 3.63) is 11.7 Å². The van der Waals surface area contributed by atoms with Gasteiger partial charge in [-0.2, -0.15) is 4.98 Å². The lowest BCUT2D eigenvalue weighted by Crippen LogP contribution is -2.37. The molecule has 0 amide bonds. The standard InChI is InChI=1S/C10H15N3O/c1-5-6-7-11-10(3,4)9-12-8(2)13-14-9/h11H,7H2,1-4H3. The van der Waals surface area contributed by atoms with Crippen LogP contribution >= 0.6 is 0 Å². The average molecular weight is 193 g/mol. The minimum absolute atomic E-state index is 0.328. The van der Waals surface area contributed by atoms with E-state index in [9.17, 15) is 0 Å². The maximum Gasteiger partial charge on any atom is 0.246 e. The number of rotatable bonds is 3. The summed E-state index contributed by atoms with van der Waals surface area (Å²) >= 11 is 0. The first-order valence-corrected chi connectivity index (χ1v) is 4.51. The molecule has 0 radical (unpaired) electrons. The lowest BCUT2D eigenvalue weighted by Gasteiger charge is -2.19. The van der Waals surface area contributed by atoms with Crippen LogP contribution in [-0.2, 0) is 5.54 Å². The maximum atomic E-state index is 5.09. The van der Waals surface area contributed by atoms with Gasteiger partial charge in [-0.3, -0.25) is 5.32 Å². The van der Waals surface area contributed by atoms with Gasteiger partial charge >= 0.3 is 0 Å². The predicted molar refractivity (Wildman–Crippen MR) is 53.5 cm³/mol. The monoisotopic (exact) mass is 193 g/mol. The van der Waals surface area contributed by atoms with Crippen LogP contribution in [0.2, 0.25) is 0 Å². The molecule has 0 aliphatic rings. The minimum Gasteiger partial charge on any atom is -0.337 e. The first kappa shape index (κ1) is 10.7. The molecular formula is C10H15N3O. The summed E-state index contributed by atoms with van der Waals surface area (Å²) < 4.78 is 5.09. The van der Waals surface area contributed by atoms with Gasteiger partial charge in [0.2, 0.25) is 5.89 Å². The molecule has 4 nitrogen and oxygen atoms in total. The summed E-state index contributed by atoms with van der Waals surface area (Å²) in [6.45, 7) is 8.19. The minimum atomic E-state index is -0.328. The summed E-state index contributed by atoms with van der Waals surface area (Å²) in [5.41, 5.74) is -0.328. The highest BCUT2D eigenvalue weighted by Gasteiger charge is 2.25. The van der Waals surface area contributed by atoms with Crippen LogP contribution in [0.25, 0.3) is 0 Å². The second-order valence-electron chi connectivity index (χ2n) is 3.55. The Bertz CT molecular complexity index is 357. The lowest BCUT2D eigenvalue weighted by molar-refractivity contribution is 0.275. The van der Waals surface area contributed by atoms with Crippen molar-refractivity contribution in [1.82, 2.24) is 15.5 Å². The normalized spacial score (nSPS) is 10.9. The maximum absolute atomic E-state index is 5.09. The first-order chi connectivity index (χ1) is 6.56. The molecule has 0 aromatic carbocycles. The molecule has 76 valence electrons. The fraction of sp³-hybridized carbons (Fsp3) is 0.600. The Morgan fingerprint density at radius 2 is 2.21 bits per heavy atom. The fourth-order valence-electron chi connectivity index (χ4n) is 0.980. The van der Waals surface area contributed by atoms with Gasteiger partial charge in [-0.15, -0.1) is 5.92 Å². The summed E-state index contributed by atoms with van der Waals surface area (Å²) in [5.74, 6) is 6.99. The zero-order valence-electron chi connectivity index (χ0n) is 9.01. The Morgan fingerprint density at radius 3 is 2.71 bits per heavy atom. The molecule has 0 fully saturated rings. The number of nitrogens with zero attached hydrogens (tertiary/aromatic N) is 2. The molecule has 1 aromatic rings. The third-order valence-electron chi connectivity index (χ3n) is 1.86. The van der Waals surface area contributed by atoms with Crippen molar-refractivity contribution in [2.75, 3.05) is 6.54 Å². The molecule has 0 unspecified atom stereocenters. The van der Waals surface area contributed by atoms with Crippen LogP contribution in [0.4, 0.5) is 0 Å². The van der Waals surface area contributed by atoms with Crippen LogP contribution in [0.15, 0.2) is 4.52 Å². The Hall–Kier alpha value is -1.34. The van der Waals surface area contributed by atoms with Gasteiger partial charge in [0.1, 0.15) is 0 Å². The van der Waals surface area contributed by atoms with Crippen molar-refractivity contribution in [1.29, 1.82) is 0 Å². The number of nitrogens with one attached hydrogen (secondary N) is 1. The largest absolute Gasteiger partial charge is 0.337 e. The smallest absolute Gasteiger partial charge is 0.246 e. The van der Waals surface area contributed by atoms with Crippen molar-refractivity contribution < 1.29 is 4.52 Å². The van der Waals surface area contributed by atoms with Crippen molar-refractivity contribution in [2.24, 2.45) is 0 Å². The van der Waals surface area contributed by atoms with Gasteiger partial charge in [0.15, 0.2) is 5.82 Å². The highest BCUT2D eigenvalue weighted by molar-refractivity contribution is 5.03. The number of aromatic nitrogens is 2. The predicted octanol–water partition coefficient (Wildman–Crippen LogP) is 1.23. The summed E-state index contributed by atoms with van der Waals surface area (Å²) in [4.78, 5) is 4.17. The molecule has 4 heteroatoms. The Labute approximate surface area is 84.1 Å². The molecule has 0 aliphatic carbocycles. The lowest BCUT2D eigenvalue weighted by atomic mass is 10.1. The van der Waals surface area contributed by atoms with Gasteiger partial charge in [-0.1, -0.05) is 11.1 Å². The van der Waals surface area contributed by atoms with E-state index in [1.54, 1.807) is 6.92 Å². The summed E-state index contributed by atoms with van der Waals surface area (Å²) in [6.07, 6.45) is 0. The number of aryl methyl sites for hydroxylation is 1. The van der Waals surface area contributed by atoms with Crippen molar-refractivity contribution in [3.8, 4) is 11.8 Å². The molecule has 1 N–H and O–H groups in total. The second-order valence-corrected chi connectivity index (χ2v) is 3.55. The highest BCUT2D eigenvalue weighted by Crippen LogP contribution is 2.16. The number of hydrogen-bond acceptors (Lipinski definition) is 4. The number of hydrogen-bond donors (Lipinski definition) is 1. The van der Waals surface area contributed by atoms with Gasteiger partial charge in [0.25, 0.3) is 0 Å². The van der Waals surface area contributed by atoms with E-state index in [1.807, 2.05) is 20.8 Å². The van der Waals surface area contributed by atoms with Gasteiger partial charge in [0, 0.05) is 0 Å². The summed E-state index contributed by atoms with van der Waals surface area (Å²) in [7, 11) is 0. The third kappa shape index (κ3) is 2.57. The average Bonchev–Trinajstić information content (AvgIpc) is 2.53. The molecule has 0 saturated carbocycles. The molecule has 14 heavy (non-hydrogen) atoms. The van der Waals surface area contributed by atoms with Crippen LogP contribution in [0.3, 0.4) is 0 Å². The molecule has 1 rings (SSSR count). The molecule has 1 aromatic heterocycles. The van der Waals surface area contributed by atoms with Gasteiger partial charge in [-0.25, -0.2) is 0 Å². The van der Waals surface area contributed by atoms with Gasteiger partial charge < -0.3 is 4.52 Å². The SMILES string of the molecule is CC#CCNC(C)(C)c1nc(C)no1. The van der Waals surface area contributed by atoms with Crippen LogP contribution in [0.5, 0.6) is 0 Å². The zero-order chi connectivity index (χ0) is 10.6. The molecule has 0 aliphatic heterocycles. The fourth-order valence-corrected chi connectivity index (χ4v) is 0.980. The quantitative estimate of drug-likeness (QED) is 0.733. The summed E-state index contributed by atoms with van der Waals surface area (Å²) in [5, 5.41) is 6.97. The first-order valence-electron chi connectivity index (χ1n) is 4.51. The Kier molecular flexibility index (Phi) is 3.26. The molecule has 0 spiro atoms. The van der Waals surface area contributed by atoms with E-state index >= 15 is 0 Å². The van der Waals surface area contributed by atoms with Crippen LogP contribution in [-0.4, -0.2) is 16.7 Å². The molecule has 1 heterocycles. The zero-order valence-corrected chi connectivity index (χ0v) is 9.01. The third-order valence-corrected chi connectivity index (χ3v) is 1.86. The Morgan fingerprint density at radius 1 is 1.50 bits per heavy atom. The van der Waals surface area contributed by atoms with E-state index in [-0.39, 0.29) is 5.54 Å². The highest BCUT2D eigenvalue weighted by atomic mass is 16.5. The Balaban J connectivity index is 2.68. The van der Waals surface area contributed by atoms with Gasteiger partial charge in [-0.05, 0) is 27.7 Å². The van der Waals surface area contributed by atoms with E-state index in [2.05, 4.69) is 27.3 Å². The van der Waals surface area contributed by atoms with E-state index in [0.29, 0.717) is 18.3 Å². The molecule has 0 saturated heterocycles. The van der Waals surface area contributed by atoms with E-state index in [1.165, 1.54) is 0 Å². The van der Waals surface area contributed by atoms with Crippen LogP contribution in [0.1, 0.15) is 32.5 Å². The summed E-state index contributed by atoms with van der Waals surface area (Å²) in [6, 6.07) is 0. The van der Waals surface area contributed by atoms with Crippen molar-refractivity contribution >= 4 is 0 Å². The van der Waals surface area contributed by atoms with Gasteiger partial charge in [0.05, 0.1) is 12.1 Å². The second kappa shape index (κ2) is 4.25. The molecular weight excluding hydrogens is 178 g/mol.